The number of amides is 1. The predicted molar refractivity (Wildman–Crippen MR) is 130 cm³/mol. The van der Waals surface area contributed by atoms with Crippen molar-refractivity contribution in [2.75, 3.05) is 6.54 Å². The van der Waals surface area contributed by atoms with Crippen molar-refractivity contribution in [3.05, 3.63) is 77.1 Å². The quantitative estimate of drug-likeness (QED) is 0.290. The first-order valence-corrected chi connectivity index (χ1v) is 12.6. The maximum atomic E-state index is 12.7. The first kappa shape index (κ1) is 24.9. The fourth-order valence-corrected chi connectivity index (χ4v) is 3.98. The molecule has 3 aromatic rings. The number of halogens is 1. The number of carbonyl (C=O) groups is 1. The van der Waals surface area contributed by atoms with Gasteiger partial charge in [-0.3, -0.25) is 4.79 Å². The summed E-state index contributed by atoms with van der Waals surface area (Å²) in [4.78, 5) is 20.4. The number of nitrogens with zero attached hydrogens (tertiary/aromatic N) is 1. The van der Waals surface area contributed by atoms with Crippen LogP contribution >= 0.6 is 11.6 Å². The highest BCUT2D eigenvalue weighted by Crippen LogP contribution is 2.23. The van der Waals surface area contributed by atoms with Crippen LogP contribution in [-0.4, -0.2) is 30.8 Å². The fourth-order valence-electron chi connectivity index (χ4n) is 3.43. The summed E-state index contributed by atoms with van der Waals surface area (Å²) in [5.41, 5.74) is 2.77. The summed E-state index contributed by atoms with van der Waals surface area (Å²) in [6.45, 7) is 0.243. The van der Waals surface area contributed by atoms with E-state index < -0.39 is 10.2 Å². The maximum absolute atomic E-state index is 12.7. The third-order valence-corrected chi connectivity index (χ3v) is 5.99. The molecule has 0 aliphatic carbocycles. The van der Waals surface area contributed by atoms with Crippen molar-refractivity contribution in [1.82, 2.24) is 20.0 Å². The number of aryl methyl sites for hydroxylation is 1. The number of aromatic nitrogens is 2. The molecule has 0 bridgehead atoms. The van der Waals surface area contributed by atoms with Gasteiger partial charge in [0.1, 0.15) is 5.82 Å². The van der Waals surface area contributed by atoms with Crippen LogP contribution in [0.4, 0.5) is 0 Å². The van der Waals surface area contributed by atoms with Crippen LogP contribution in [0.15, 0.2) is 60.8 Å². The lowest BCUT2D eigenvalue weighted by Gasteiger charge is -2.18. The van der Waals surface area contributed by atoms with Gasteiger partial charge in [0.25, 0.3) is 10.2 Å². The van der Waals surface area contributed by atoms with Crippen LogP contribution in [0.3, 0.4) is 0 Å². The number of aromatic amines is 1. The average Bonchev–Trinajstić information content (AvgIpc) is 3.27. The number of unbranched alkanes of at least 4 members (excludes halogenated alkanes) is 1. The van der Waals surface area contributed by atoms with Crippen LogP contribution in [0.1, 0.15) is 43.0 Å². The Balaban J connectivity index is 1.64. The smallest absolute Gasteiger partial charge is 0.274 e. The number of imidazole rings is 1. The second-order valence-electron chi connectivity index (χ2n) is 7.73. The van der Waals surface area contributed by atoms with Crippen molar-refractivity contribution in [2.45, 2.75) is 38.1 Å². The highest BCUT2D eigenvalue weighted by atomic mass is 35.5. The molecule has 10 heteroatoms. The SMILES string of the molecule is NS(=O)(=O)NCCCC[C@H](NC(=O)CCc1ccccc1)c1cnc(-c2ccc(Cl)cc2)[nH]1. The maximum Gasteiger partial charge on any atom is 0.274 e. The molecule has 0 unspecified atom stereocenters. The van der Waals surface area contributed by atoms with Crippen LogP contribution in [0.25, 0.3) is 11.4 Å². The van der Waals surface area contributed by atoms with Gasteiger partial charge in [-0.15, -0.1) is 0 Å². The topological polar surface area (TPSA) is 130 Å². The zero-order chi connectivity index (χ0) is 23.7. The standard InChI is InChI=1S/C23H28ClN5O3S/c24-19-12-10-18(11-13-19)23-26-16-21(29-23)20(8-4-5-15-27-33(25,31)32)28-22(30)14-9-17-6-2-1-3-7-17/h1-3,6-7,10-13,16,20,27H,4-5,8-9,14-15H2,(H,26,29)(H,28,30)(H2,25,31,32)/t20-/m0/s1. The van der Waals surface area contributed by atoms with Crippen LogP contribution < -0.4 is 15.2 Å². The van der Waals surface area contributed by atoms with Gasteiger partial charge >= 0.3 is 0 Å². The van der Waals surface area contributed by atoms with Gasteiger partial charge in [0.2, 0.25) is 5.91 Å². The molecule has 1 aromatic heterocycles. The fraction of sp³-hybridized carbons (Fsp3) is 0.304. The molecular formula is C23H28ClN5O3S. The molecule has 1 amide bonds. The number of H-pyrrole nitrogens is 1. The van der Waals surface area contributed by atoms with Crippen molar-refractivity contribution in [3.8, 4) is 11.4 Å². The van der Waals surface area contributed by atoms with Crippen molar-refractivity contribution in [2.24, 2.45) is 5.14 Å². The van der Waals surface area contributed by atoms with Gasteiger partial charge in [-0.2, -0.15) is 8.42 Å². The first-order valence-electron chi connectivity index (χ1n) is 10.7. The zero-order valence-corrected chi connectivity index (χ0v) is 19.7. The lowest BCUT2D eigenvalue weighted by atomic mass is 10.1. The van der Waals surface area contributed by atoms with Crippen molar-refractivity contribution < 1.29 is 13.2 Å². The molecule has 8 nitrogen and oxygen atoms in total. The number of nitrogens with two attached hydrogens (primary N) is 1. The van der Waals surface area contributed by atoms with E-state index in [1.807, 2.05) is 42.5 Å². The summed E-state index contributed by atoms with van der Waals surface area (Å²) in [5.74, 6) is 0.621. The summed E-state index contributed by atoms with van der Waals surface area (Å²) >= 11 is 5.97. The second kappa shape index (κ2) is 11.9. The van der Waals surface area contributed by atoms with E-state index in [9.17, 15) is 13.2 Å². The summed E-state index contributed by atoms with van der Waals surface area (Å²) < 4.78 is 24.3. The van der Waals surface area contributed by atoms with Gasteiger partial charge < -0.3 is 10.3 Å². The van der Waals surface area contributed by atoms with E-state index in [1.54, 1.807) is 18.3 Å². The van der Waals surface area contributed by atoms with Gasteiger partial charge in [-0.05, 0) is 55.5 Å². The number of carbonyl (C=O) groups excluding carboxylic acids is 1. The molecule has 0 aliphatic rings. The van der Waals surface area contributed by atoms with E-state index in [1.165, 1.54) is 0 Å². The van der Waals surface area contributed by atoms with Gasteiger partial charge in [0.15, 0.2) is 0 Å². The van der Waals surface area contributed by atoms with Gasteiger partial charge in [-0.1, -0.05) is 41.9 Å². The molecule has 0 radical (unpaired) electrons. The molecular weight excluding hydrogens is 462 g/mol. The molecule has 0 fully saturated rings. The molecule has 5 N–H and O–H groups in total. The minimum Gasteiger partial charge on any atom is -0.348 e. The van der Waals surface area contributed by atoms with Gasteiger partial charge in [0, 0.05) is 23.6 Å². The van der Waals surface area contributed by atoms with Crippen LogP contribution in [-0.2, 0) is 21.4 Å². The van der Waals surface area contributed by atoms with E-state index in [-0.39, 0.29) is 18.5 Å². The Morgan fingerprint density at radius 1 is 1.09 bits per heavy atom. The minimum atomic E-state index is -3.71. The molecule has 1 heterocycles. The number of hydrogen-bond acceptors (Lipinski definition) is 4. The first-order chi connectivity index (χ1) is 15.8. The average molecular weight is 490 g/mol. The Morgan fingerprint density at radius 2 is 1.82 bits per heavy atom. The largest absolute Gasteiger partial charge is 0.348 e. The molecule has 0 saturated carbocycles. The van der Waals surface area contributed by atoms with Gasteiger partial charge in [-0.25, -0.2) is 14.8 Å². The Kier molecular flexibility index (Phi) is 9.02. The third kappa shape index (κ3) is 8.62. The Morgan fingerprint density at radius 3 is 2.52 bits per heavy atom. The van der Waals surface area contributed by atoms with Crippen LogP contribution in [0.5, 0.6) is 0 Å². The minimum absolute atomic E-state index is 0.0610. The van der Waals surface area contributed by atoms with Crippen LogP contribution in [0.2, 0.25) is 5.02 Å². The van der Waals surface area contributed by atoms with E-state index in [4.69, 9.17) is 16.7 Å². The van der Waals surface area contributed by atoms with Gasteiger partial charge in [0.05, 0.1) is 17.9 Å². The normalized spacial score (nSPS) is 12.4. The summed E-state index contributed by atoms with van der Waals surface area (Å²) in [7, 11) is -3.71. The molecule has 0 aliphatic heterocycles. The molecule has 2 aromatic carbocycles. The second-order valence-corrected chi connectivity index (χ2v) is 9.55. The predicted octanol–water partition coefficient (Wildman–Crippen LogP) is 3.48. The van der Waals surface area contributed by atoms with E-state index in [0.29, 0.717) is 43.0 Å². The number of benzene rings is 2. The monoisotopic (exact) mass is 489 g/mol. The van der Waals surface area contributed by atoms with E-state index in [0.717, 1.165) is 16.8 Å². The van der Waals surface area contributed by atoms with Crippen molar-refractivity contribution in [3.63, 3.8) is 0 Å². The molecule has 33 heavy (non-hydrogen) atoms. The summed E-state index contributed by atoms with van der Waals surface area (Å²) in [6, 6.07) is 16.9. The van der Waals surface area contributed by atoms with Crippen molar-refractivity contribution in [1.29, 1.82) is 0 Å². The summed E-state index contributed by atoms with van der Waals surface area (Å²) in [6.07, 6.45) is 4.62. The highest BCUT2D eigenvalue weighted by Gasteiger charge is 2.18. The van der Waals surface area contributed by atoms with E-state index >= 15 is 0 Å². The lowest BCUT2D eigenvalue weighted by molar-refractivity contribution is -0.121. The molecule has 0 spiro atoms. The summed E-state index contributed by atoms with van der Waals surface area (Å²) in [5, 5.41) is 8.70. The molecule has 0 saturated heterocycles. The Hall–Kier alpha value is -2.72. The zero-order valence-electron chi connectivity index (χ0n) is 18.1. The molecule has 176 valence electrons. The third-order valence-electron chi connectivity index (χ3n) is 5.13. The Labute approximate surface area is 199 Å². The number of hydrogen-bond donors (Lipinski definition) is 4. The van der Waals surface area contributed by atoms with Crippen LogP contribution in [0, 0.1) is 0 Å². The lowest BCUT2D eigenvalue weighted by Crippen LogP contribution is -2.32. The molecule has 3 rings (SSSR count). The number of nitrogens with one attached hydrogen (secondary N) is 3. The highest BCUT2D eigenvalue weighted by molar-refractivity contribution is 7.87. The Bertz CT molecular complexity index is 1130. The number of rotatable bonds is 12. The van der Waals surface area contributed by atoms with Crippen molar-refractivity contribution >= 4 is 27.7 Å². The molecule has 1 atom stereocenters. The van der Waals surface area contributed by atoms with E-state index in [2.05, 4.69) is 20.0 Å².